The van der Waals surface area contributed by atoms with E-state index in [9.17, 15) is 0 Å². The summed E-state index contributed by atoms with van der Waals surface area (Å²) in [6, 6.07) is 11.8. The summed E-state index contributed by atoms with van der Waals surface area (Å²) in [6.45, 7) is 7.23. The smallest absolute Gasteiger partial charge is 0.0470 e. The molecule has 2 N–H and O–H groups in total. The van der Waals surface area contributed by atoms with Crippen molar-refractivity contribution < 1.29 is 0 Å². The van der Waals surface area contributed by atoms with Gasteiger partial charge >= 0.3 is 0 Å². The van der Waals surface area contributed by atoms with E-state index < -0.39 is 0 Å². The third-order valence-corrected chi connectivity index (χ3v) is 5.01. The second-order valence-corrected chi connectivity index (χ2v) is 7.00. The molecule has 2 nitrogen and oxygen atoms in total. The molecular weight excluding hydrogens is 276 g/mol. The zero-order valence-corrected chi connectivity index (χ0v) is 14.3. The molecule has 0 saturated heterocycles. The van der Waals surface area contributed by atoms with E-state index in [0.29, 0.717) is 12.6 Å². The van der Waals surface area contributed by atoms with E-state index in [-0.39, 0.29) is 6.04 Å². The predicted molar refractivity (Wildman–Crippen MR) is 93.0 cm³/mol. The molecule has 0 bridgehead atoms. The molecule has 0 spiro atoms. The summed E-state index contributed by atoms with van der Waals surface area (Å²) in [6.07, 6.45) is 1.08. The van der Waals surface area contributed by atoms with Crippen LogP contribution in [-0.2, 0) is 6.42 Å². The fourth-order valence-electron chi connectivity index (χ4n) is 2.91. The number of nitrogens with zero attached hydrogens (tertiary/aromatic N) is 1. The third kappa shape index (κ3) is 4.16. The van der Waals surface area contributed by atoms with Gasteiger partial charge in [-0.3, -0.25) is 4.90 Å². The minimum absolute atomic E-state index is 0.276. The number of likely N-dealkylation sites (N-methyl/N-ethyl adjacent to an activating group) is 1. The quantitative estimate of drug-likeness (QED) is 0.876. The number of rotatable bonds is 6. The van der Waals surface area contributed by atoms with Crippen molar-refractivity contribution in [2.24, 2.45) is 5.73 Å². The number of benzene rings is 1. The summed E-state index contributed by atoms with van der Waals surface area (Å²) in [4.78, 5) is 3.85. The lowest BCUT2D eigenvalue weighted by Crippen LogP contribution is -2.38. The Morgan fingerprint density at radius 1 is 1.19 bits per heavy atom. The molecule has 2 aromatic rings. The Morgan fingerprint density at radius 3 is 2.38 bits per heavy atom. The lowest BCUT2D eigenvalue weighted by atomic mass is 9.99. The first kappa shape index (κ1) is 16.2. The van der Waals surface area contributed by atoms with Crippen LogP contribution in [0.4, 0.5) is 0 Å². The third-order valence-electron chi connectivity index (χ3n) is 4.12. The summed E-state index contributed by atoms with van der Waals surface area (Å²) in [5.74, 6) is 0. The molecule has 1 heterocycles. The Bertz CT molecular complexity index is 542. The van der Waals surface area contributed by atoms with E-state index in [0.717, 1.165) is 6.42 Å². The molecule has 1 aromatic carbocycles. The van der Waals surface area contributed by atoms with Crippen LogP contribution in [0.25, 0.3) is 0 Å². The van der Waals surface area contributed by atoms with Crippen LogP contribution in [0, 0.1) is 13.8 Å². The van der Waals surface area contributed by atoms with Gasteiger partial charge in [-0.15, -0.1) is 11.3 Å². The highest BCUT2D eigenvalue weighted by atomic mass is 32.1. The topological polar surface area (TPSA) is 29.3 Å². The highest BCUT2D eigenvalue weighted by molar-refractivity contribution is 7.09. The zero-order chi connectivity index (χ0) is 15.4. The molecule has 2 unspecified atom stereocenters. The summed E-state index contributed by atoms with van der Waals surface area (Å²) >= 11 is 1.83. The van der Waals surface area contributed by atoms with Gasteiger partial charge in [-0.2, -0.15) is 0 Å². The molecule has 0 saturated carbocycles. The second-order valence-electron chi connectivity index (χ2n) is 5.97. The maximum Gasteiger partial charge on any atom is 0.0470 e. The van der Waals surface area contributed by atoms with Gasteiger partial charge in [0.2, 0.25) is 0 Å². The number of nitrogens with two attached hydrogens (primary N) is 1. The second kappa shape index (κ2) is 7.21. The highest BCUT2D eigenvalue weighted by Gasteiger charge is 2.21. The van der Waals surface area contributed by atoms with Crippen LogP contribution in [0.5, 0.6) is 0 Å². The lowest BCUT2D eigenvalue weighted by molar-refractivity contribution is 0.188. The van der Waals surface area contributed by atoms with Crippen LogP contribution in [-0.4, -0.2) is 24.5 Å². The average Bonchev–Trinajstić information content (AvgIpc) is 2.91. The maximum absolute atomic E-state index is 6.08. The first-order valence-corrected chi connectivity index (χ1v) is 8.41. The van der Waals surface area contributed by atoms with Gasteiger partial charge in [0.15, 0.2) is 0 Å². The Hall–Kier alpha value is -1.16. The van der Waals surface area contributed by atoms with Crippen molar-refractivity contribution in [3.63, 3.8) is 0 Å². The Balaban J connectivity index is 2.15. The molecule has 1 aromatic heterocycles. The van der Waals surface area contributed by atoms with Crippen molar-refractivity contribution in [1.82, 2.24) is 4.90 Å². The van der Waals surface area contributed by atoms with Gasteiger partial charge in [0.1, 0.15) is 0 Å². The van der Waals surface area contributed by atoms with Crippen LogP contribution < -0.4 is 5.73 Å². The van der Waals surface area contributed by atoms with E-state index in [2.05, 4.69) is 68.4 Å². The summed E-state index contributed by atoms with van der Waals surface area (Å²) in [5.41, 5.74) is 10.0. The summed E-state index contributed by atoms with van der Waals surface area (Å²) in [7, 11) is 2.19. The molecule has 114 valence electrons. The minimum Gasteiger partial charge on any atom is -0.329 e. The standard InChI is InChI=1S/C18H26N2S/c1-13-8-14(2)10-16(9-13)18(12-19)20(4)15(3)11-17-6-5-7-21-17/h5-10,15,18H,11-12,19H2,1-4H3. The van der Waals surface area contributed by atoms with Crippen molar-refractivity contribution in [2.75, 3.05) is 13.6 Å². The monoisotopic (exact) mass is 302 g/mol. The minimum atomic E-state index is 0.276. The largest absolute Gasteiger partial charge is 0.329 e. The van der Waals surface area contributed by atoms with E-state index in [1.165, 1.54) is 21.6 Å². The first-order chi connectivity index (χ1) is 10.0. The van der Waals surface area contributed by atoms with Crippen molar-refractivity contribution in [2.45, 2.75) is 39.3 Å². The van der Waals surface area contributed by atoms with Crippen molar-refractivity contribution in [3.8, 4) is 0 Å². The molecule has 2 rings (SSSR count). The summed E-state index contributed by atoms with van der Waals surface area (Å²) in [5, 5.41) is 2.15. The van der Waals surface area contributed by atoms with Gasteiger partial charge in [0.05, 0.1) is 0 Å². The zero-order valence-electron chi connectivity index (χ0n) is 13.5. The Morgan fingerprint density at radius 2 is 1.86 bits per heavy atom. The van der Waals surface area contributed by atoms with E-state index in [1.54, 1.807) is 0 Å². The van der Waals surface area contributed by atoms with Gasteiger partial charge in [-0.1, -0.05) is 35.4 Å². The van der Waals surface area contributed by atoms with Gasteiger partial charge in [-0.25, -0.2) is 0 Å². The van der Waals surface area contributed by atoms with Gasteiger partial charge in [-0.05, 0) is 51.2 Å². The van der Waals surface area contributed by atoms with E-state index in [4.69, 9.17) is 5.73 Å². The molecular formula is C18H26N2S. The molecule has 0 aliphatic rings. The maximum atomic E-state index is 6.08. The van der Waals surface area contributed by atoms with Crippen molar-refractivity contribution in [1.29, 1.82) is 0 Å². The van der Waals surface area contributed by atoms with Crippen LogP contribution in [0.3, 0.4) is 0 Å². The van der Waals surface area contributed by atoms with Crippen LogP contribution in [0.2, 0.25) is 0 Å². The molecule has 0 fully saturated rings. The van der Waals surface area contributed by atoms with Gasteiger partial charge in [0.25, 0.3) is 0 Å². The molecule has 0 aliphatic carbocycles. The number of hydrogen-bond acceptors (Lipinski definition) is 3. The van der Waals surface area contributed by atoms with Crippen LogP contribution in [0.15, 0.2) is 35.7 Å². The predicted octanol–water partition coefficient (Wildman–Crippen LogP) is 3.93. The lowest BCUT2D eigenvalue weighted by Gasteiger charge is -2.33. The molecule has 21 heavy (non-hydrogen) atoms. The molecule has 0 aliphatic heterocycles. The van der Waals surface area contributed by atoms with E-state index >= 15 is 0 Å². The van der Waals surface area contributed by atoms with Crippen LogP contribution in [0.1, 0.15) is 34.5 Å². The SMILES string of the molecule is Cc1cc(C)cc(C(CN)N(C)C(C)Cc2cccs2)c1. The normalized spacial score (nSPS) is 14.4. The van der Waals surface area contributed by atoms with Crippen molar-refractivity contribution in [3.05, 3.63) is 57.3 Å². The number of aryl methyl sites for hydroxylation is 2. The fourth-order valence-corrected chi connectivity index (χ4v) is 3.74. The number of hydrogen-bond donors (Lipinski definition) is 1. The van der Waals surface area contributed by atoms with Gasteiger partial charge < -0.3 is 5.73 Å². The molecule has 0 amide bonds. The molecule has 2 atom stereocenters. The first-order valence-electron chi connectivity index (χ1n) is 7.54. The molecule has 3 heteroatoms. The molecule has 0 radical (unpaired) electrons. The summed E-state index contributed by atoms with van der Waals surface area (Å²) < 4.78 is 0. The fraction of sp³-hybridized carbons (Fsp3) is 0.444. The average molecular weight is 302 g/mol. The van der Waals surface area contributed by atoms with Crippen LogP contribution >= 0.6 is 11.3 Å². The van der Waals surface area contributed by atoms with Gasteiger partial charge in [0, 0.05) is 23.5 Å². The Labute approximate surface area is 132 Å². The highest BCUT2D eigenvalue weighted by Crippen LogP contribution is 2.24. The number of thiophene rings is 1. The van der Waals surface area contributed by atoms with E-state index in [1.807, 2.05) is 11.3 Å². The van der Waals surface area contributed by atoms with Crippen molar-refractivity contribution >= 4 is 11.3 Å². The Kier molecular flexibility index (Phi) is 5.57.